The number of nitrogens with one attached hydrogen (secondary N) is 1. The van der Waals surface area contributed by atoms with Crippen LogP contribution in [0.3, 0.4) is 0 Å². The van der Waals surface area contributed by atoms with Crippen molar-refractivity contribution in [3.63, 3.8) is 0 Å². The molecular weight excluding hydrogens is 372 g/mol. The molecule has 0 bridgehead atoms. The lowest BCUT2D eigenvalue weighted by molar-refractivity contribution is -0.150. The van der Waals surface area contributed by atoms with Gasteiger partial charge in [-0.1, -0.05) is 23.8 Å². The fourth-order valence-corrected chi connectivity index (χ4v) is 2.67. The van der Waals surface area contributed by atoms with E-state index in [2.05, 4.69) is 11.4 Å². The molecule has 2 amide bonds. The molecule has 0 aromatic heterocycles. The summed E-state index contributed by atoms with van der Waals surface area (Å²) in [5, 5.41) is 2.46. The van der Waals surface area contributed by atoms with Gasteiger partial charge in [0.25, 0.3) is 11.8 Å². The van der Waals surface area contributed by atoms with Crippen molar-refractivity contribution in [1.82, 2.24) is 10.2 Å². The van der Waals surface area contributed by atoms with Crippen LogP contribution in [0.25, 0.3) is 0 Å². The molecule has 2 rings (SSSR count). The number of ether oxygens (including phenoxy) is 2. The number of esters is 1. The number of hydrogen-bond donors (Lipinski definition) is 1. The number of amides is 2. The Hall–Kier alpha value is -3.35. The third-order valence-corrected chi connectivity index (χ3v) is 4.43. The minimum Gasteiger partial charge on any atom is -0.497 e. The minimum absolute atomic E-state index is 0.320. The minimum atomic E-state index is -0.680. The van der Waals surface area contributed by atoms with Gasteiger partial charge in [0.1, 0.15) is 12.3 Å². The second-order valence-corrected chi connectivity index (χ2v) is 6.75. The molecule has 7 nitrogen and oxygen atoms in total. The monoisotopic (exact) mass is 398 g/mol. The molecule has 0 radical (unpaired) electrons. The first kappa shape index (κ1) is 21.9. The lowest BCUT2D eigenvalue weighted by Gasteiger charge is -2.18. The van der Waals surface area contributed by atoms with Crippen LogP contribution in [0.5, 0.6) is 5.75 Å². The molecule has 0 saturated heterocycles. The molecule has 154 valence electrons. The molecule has 0 spiro atoms. The standard InChI is InChI=1S/C22H26N2O5/c1-15-5-6-18(16(2)11-15)13-24(3)20(25)14-29-21(26)12-23-22(27)17-7-9-19(28-4)10-8-17/h5-11H,12-14H2,1-4H3,(H,23,27). The van der Waals surface area contributed by atoms with E-state index in [-0.39, 0.29) is 19.1 Å². The zero-order chi connectivity index (χ0) is 21.4. The number of rotatable bonds is 8. The zero-order valence-electron chi connectivity index (χ0n) is 17.2. The van der Waals surface area contributed by atoms with Crippen LogP contribution in [0, 0.1) is 13.8 Å². The first-order valence-corrected chi connectivity index (χ1v) is 9.18. The SMILES string of the molecule is COc1ccc(C(=O)NCC(=O)OCC(=O)N(C)Cc2ccc(C)cc2C)cc1. The Labute approximate surface area is 170 Å². The number of methoxy groups -OCH3 is 1. The van der Waals surface area contributed by atoms with E-state index >= 15 is 0 Å². The lowest BCUT2D eigenvalue weighted by atomic mass is 10.1. The normalized spacial score (nSPS) is 10.2. The van der Waals surface area contributed by atoms with Crippen molar-refractivity contribution < 1.29 is 23.9 Å². The number of hydrogen-bond acceptors (Lipinski definition) is 5. The summed E-state index contributed by atoms with van der Waals surface area (Å²) in [4.78, 5) is 37.5. The molecule has 0 atom stereocenters. The molecule has 0 fully saturated rings. The number of likely N-dealkylation sites (N-methyl/N-ethyl adjacent to an activating group) is 1. The largest absolute Gasteiger partial charge is 0.497 e. The van der Waals surface area contributed by atoms with Crippen LogP contribution in [0.4, 0.5) is 0 Å². The van der Waals surface area contributed by atoms with Crippen molar-refractivity contribution in [2.24, 2.45) is 0 Å². The molecule has 7 heteroatoms. The maximum Gasteiger partial charge on any atom is 0.325 e. The van der Waals surface area contributed by atoms with E-state index in [0.717, 1.165) is 16.7 Å². The van der Waals surface area contributed by atoms with Crippen molar-refractivity contribution in [3.8, 4) is 5.75 Å². The fourth-order valence-electron chi connectivity index (χ4n) is 2.67. The molecule has 2 aromatic rings. The third kappa shape index (κ3) is 6.64. The first-order valence-electron chi connectivity index (χ1n) is 9.18. The summed E-state index contributed by atoms with van der Waals surface area (Å²) in [6.07, 6.45) is 0. The van der Waals surface area contributed by atoms with Gasteiger partial charge in [-0.25, -0.2) is 0 Å². The van der Waals surface area contributed by atoms with Gasteiger partial charge in [0.15, 0.2) is 6.61 Å². The number of aryl methyl sites for hydroxylation is 2. The molecule has 0 heterocycles. The number of nitrogens with zero attached hydrogens (tertiary/aromatic N) is 1. The molecule has 2 aromatic carbocycles. The molecule has 0 aliphatic rings. The summed E-state index contributed by atoms with van der Waals surface area (Å²) < 4.78 is 10.00. The Kier molecular flexibility index (Phi) is 7.77. The van der Waals surface area contributed by atoms with Crippen LogP contribution in [0.15, 0.2) is 42.5 Å². The van der Waals surface area contributed by atoms with Crippen molar-refractivity contribution in [2.75, 3.05) is 27.3 Å². The quantitative estimate of drug-likeness (QED) is 0.690. The molecule has 0 aliphatic carbocycles. The average molecular weight is 398 g/mol. The summed E-state index contributed by atoms with van der Waals surface area (Å²) in [6, 6.07) is 12.5. The summed E-state index contributed by atoms with van der Waals surface area (Å²) in [5.74, 6) is -0.785. The molecule has 29 heavy (non-hydrogen) atoms. The highest BCUT2D eigenvalue weighted by molar-refractivity contribution is 5.96. The molecule has 1 N–H and O–H groups in total. The first-order chi connectivity index (χ1) is 13.8. The second-order valence-electron chi connectivity index (χ2n) is 6.75. The van der Waals surface area contributed by atoms with E-state index in [1.165, 1.54) is 12.0 Å². The van der Waals surface area contributed by atoms with E-state index in [1.54, 1.807) is 31.3 Å². The van der Waals surface area contributed by atoms with Crippen LogP contribution < -0.4 is 10.1 Å². The highest BCUT2D eigenvalue weighted by Crippen LogP contribution is 2.13. The van der Waals surface area contributed by atoms with Crippen LogP contribution in [0.2, 0.25) is 0 Å². The Morgan fingerprint density at radius 1 is 1.03 bits per heavy atom. The van der Waals surface area contributed by atoms with Gasteiger partial charge < -0.3 is 19.7 Å². The van der Waals surface area contributed by atoms with Gasteiger partial charge >= 0.3 is 5.97 Å². The van der Waals surface area contributed by atoms with Crippen LogP contribution in [-0.2, 0) is 20.9 Å². The van der Waals surface area contributed by atoms with Gasteiger partial charge in [0.2, 0.25) is 0 Å². The van der Waals surface area contributed by atoms with E-state index < -0.39 is 11.9 Å². The summed E-state index contributed by atoms with van der Waals surface area (Å²) in [5.41, 5.74) is 3.68. The molecule has 0 aliphatic heterocycles. The Morgan fingerprint density at radius 2 is 1.72 bits per heavy atom. The van der Waals surface area contributed by atoms with Gasteiger partial charge in [0, 0.05) is 19.2 Å². The molecule has 0 unspecified atom stereocenters. The Morgan fingerprint density at radius 3 is 2.34 bits per heavy atom. The predicted molar refractivity (Wildman–Crippen MR) is 109 cm³/mol. The summed E-state index contributed by atoms with van der Waals surface area (Å²) >= 11 is 0. The topological polar surface area (TPSA) is 84.9 Å². The zero-order valence-corrected chi connectivity index (χ0v) is 17.2. The van der Waals surface area contributed by atoms with Gasteiger partial charge in [-0.3, -0.25) is 14.4 Å². The van der Waals surface area contributed by atoms with Gasteiger partial charge in [-0.2, -0.15) is 0 Å². The number of benzene rings is 2. The summed E-state index contributed by atoms with van der Waals surface area (Å²) in [7, 11) is 3.19. The van der Waals surface area contributed by atoms with Gasteiger partial charge in [0.05, 0.1) is 7.11 Å². The highest BCUT2D eigenvalue weighted by Gasteiger charge is 2.14. The number of carbonyl (C=O) groups is 3. The summed E-state index contributed by atoms with van der Waals surface area (Å²) in [6.45, 7) is 3.74. The second kappa shape index (κ2) is 10.3. The van der Waals surface area contributed by atoms with Crippen LogP contribution >= 0.6 is 0 Å². The van der Waals surface area contributed by atoms with Crippen LogP contribution in [-0.4, -0.2) is 50.0 Å². The van der Waals surface area contributed by atoms with Crippen molar-refractivity contribution in [1.29, 1.82) is 0 Å². The molecule has 0 saturated carbocycles. The average Bonchev–Trinajstić information content (AvgIpc) is 2.72. The maximum absolute atomic E-state index is 12.2. The van der Waals surface area contributed by atoms with Gasteiger partial charge in [-0.15, -0.1) is 0 Å². The van der Waals surface area contributed by atoms with E-state index in [1.807, 2.05) is 26.0 Å². The Balaban J connectivity index is 1.75. The lowest BCUT2D eigenvalue weighted by Crippen LogP contribution is -2.34. The van der Waals surface area contributed by atoms with E-state index in [9.17, 15) is 14.4 Å². The van der Waals surface area contributed by atoms with E-state index in [4.69, 9.17) is 9.47 Å². The molecular formula is C22H26N2O5. The maximum atomic E-state index is 12.2. The van der Waals surface area contributed by atoms with Gasteiger partial charge in [-0.05, 0) is 49.2 Å². The van der Waals surface area contributed by atoms with Crippen molar-refractivity contribution >= 4 is 17.8 Å². The van der Waals surface area contributed by atoms with Crippen molar-refractivity contribution in [2.45, 2.75) is 20.4 Å². The van der Waals surface area contributed by atoms with Crippen molar-refractivity contribution in [3.05, 3.63) is 64.7 Å². The fraction of sp³-hybridized carbons (Fsp3) is 0.318. The van der Waals surface area contributed by atoms with Crippen LogP contribution in [0.1, 0.15) is 27.0 Å². The third-order valence-electron chi connectivity index (χ3n) is 4.43. The Bertz CT molecular complexity index is 877. The highest BCUT2D eigenvalue weighted by atomic mass is 16.5. The van der Waals surface area contributed by atoms with E-state index in [0.29, 0.717) is 17.9 Å². The smallest absolute Gasteiger partial charge is 0.325 e. The number of carbonyl (C=O) groups excluding carboxylic acids is 3. The predicted octanol–water partition coefficient (Wildman–Crippen LogP) is 2.24.